The van der Waals surface area contributed by atoms with Crippen molar-refractivity contribution in [3.8, 4) is 11.4 Å². The molecule has 1 aromatic carbocycles. The predicted molar refractivity (Wildman–Crippen MR) is 78.8 cm³/mol. The summed E-state index contributed by atoms with van der Waals surface area (Å²) >= 11 is 0. The highest BCUT2D eigenvalue weighted by Crippen LogP contribution is 2.25. The van der Waals surface area contributed by atoms with Crippen LogP contribution < -0.4 is 11.3 Å². The van der Waals surface area contributed by atoms with Crippen LogP contribution in [0.4, 0.5) is 5.82 Å². The number of rotatable bonds is 4. The Labute approximate surface area is 114 Å². The summed E-state index contributed by atoms with van der Waals surface area (Å²) in [6, 6.07) is 8.21. The highest BCUT2D eigenvalue weighted by atomic mass is 15.3. The third kappa shape index (κ3) is 2.58. The van der Waals surface area contributed by atoms with Gasteiger partial charge in [-0.2, -0.15) is 0 Å². The minimum atomic E-state index is 0.718. The molecule has 0 fully saturated rings. The number of hydrazine groups is 1. The van der Waals surface area contributed by atoms with Gasteiger partial charge in [0.15, 0.2) is 5.82 Å². The van der Waals surface area contributed by atoms with E-state index >= 15 is 0 Å². The van der Waals surface area contributed by atoms with E-state index in [1.165, 1.54) is 5.56 Å². The number of hydrogen-bond acceptors (Lipinski definition) is 4. The van der Waals surface area contributed by atoms with Crippen molar-refractivity contribution in [2.45, 2.75) is 33.6 Å². The Morgan fingerprint density at radius 2 is 1.84 bits per heavy atom. The fraction of sp³-hybridized carbons (Fsp3) is 0.333. The van der Waals surface area contributed by atoms with Crippen molar-refractivity contribution < 1.29 is 0 Å². The standard InChI is InChI=1S/C15H20N4/c1-4-11-8-6-7-9-13(11)14-17-10(3)12(5-2)15(18-14)19-16/h6-9H,4-5,16H2,1-3H3,(H,17,18,19). The van der Waals surface area contributed by atoms with E-state index < -0.39 is 0 Å². The van der Waals surface area contributed by atoms with Crippen LogP contribution in [0.5, 0.6) is 0 Å². The predicted octanol–water partition coefficient (Wildman–Crippen LogP) is 2.86. The number of benzene rings is 1. The minimum Gasteiger partial charge on any atom is -0.308 e. The quantitative estimate of drug-likeness (QED) is 0.652. The van der Waals surface area contributed by atoms with Crippen LogP contribution >= 0.6 is 0 Å². The molecule has 0 aliphatic heterocycles. The first-order valence-corrected chi connectivity index (χ1v) is 6.63. The largest absolute Gasteiger partial charge is 0.308 e. The molecule has 0 saturated carbocycles. The van der Waals surface area contributed by atoms with Gasteiger partial charge in [-0.25, -0.2) is 15.8 Å². The summed E-state index contributed by atoms with van der Waals surface area (Å²) in [5, 5.41) is 0. The van der Waals surface area contributed by atoms with Crippen LogP contribution in [0.2, 0.25) is 0 Å². The SMILES string of the molecule is CCc1ccccc1-c1nc(C)c(CC)c(NN)n1. The van der Waals surface area contributed by atoms with E-state index in [1.54, 1.807) is 0 Å². The number of nitrogens with one attached hydrogen (secondary N) is 1. The van der Waals surface area contributed by atoms with Gasteiger partial charge in [0.1, 0.15) is 5.82 Å². The first kappa shape index (κ1) is 13.5. The van der Waals surface area contributed by atoms with Crippen LogP contribution in [0.15, 0.2) is 24.3 Å². The van der Waals surface area contributed by atoms with Gasteiger partial charge in [-0.1, -0.05) is 38.1 Å². The Balaban J connectivity index is 2.60. The Morgan fingerprint density at radius 1 is 1.11 bits per heavy atom. The molecule has 0 unspecified atom stereocenters. The van der Waals surface area contributed by atoms with Gasteiger partial charge in [0.2, 0.25) is 0 Å². The van der Waals surface area contributed by atoms with Crippen molar-refractivity contribution in [3.63, 3.8) is 0 Å². The summed E-state index contributed by atoms with van der Waals surface area (Å²) in [4.78, 5) is 9.18. The number of nitrogen functional groups attached to an aromatic ring is 1. The van der Waals surface area contributed by atoms with E-state index in [4.69, 9.17) is 5.84 Å². The van der Waals surface area contributed by atoms with Crippen molar-refractivity contribution in [3.05, 3.63) is 41.1 Å². The van der Waals surface area contributed by atoms with Crippen LogP contribution in [0.1, 0.15) is 30.7 Å². The molecule has 3 N–H and O–H groups in total. The fourth-order valence-electron chi connectivity index (χ4n) is 2.31. The molecule has 1 aromatic heterocycles. The molecule has 0 atom stereocenters. The normalized spacial score (nSPS) is 10.5. The lowest BCUT2D eigenvalue weighted by Crippen LogP contribution is -2.13. The summed E-state index contributed by atoms with van der Waals surface area (Å²) < 4.78 is 0. The Kier molecular flexibility index (Phi) is 4.12. The van der Waals surface area contributed by atoms with E-state index in [9.17, 15) is 0 Å². The molecule has 0 radical (unpaired) electrons. The molecule has 4 nitrogen and oxygen atoms in total. The molecular weight excluding hydrogens is 236 g/mol. The maximum atomic E-state index is 5.57. The molecule has 2 aromatic rings. The molecule has 0 amide bonds. The summed E-state index contributed by atoms with van der Waals surface area (Å²) in [6.07, 6.45) is 1.82. The third-order valence-electron chi connectivity index (χ3n) is 3.34. The molecule has 0 bridgehead atoms. The van der Waals surface area contributed by atoms with Crippen molar-refractivity contribution in [1.82, 2.24) is 9.97 Å². The fourth-order valence-corrected chi connectivity index (χ4v) is 2.31. The monoisotopic (exact) mass is 256 g/mol. The lowest BCUT2D eigenvalue weighted by Gasteiger charge is -2.13. The molecule has 100 valence electrons. The highest BCUT2D eigenvalue weighted by molar-refractivity contribution is 5.63. The first-order valence-electron chi connectivity index (χ1n) is 6.63. The number of hydrogen-bond donors (Lipinski definition) is 2. The van der Waals surface area contributed by atoms with E-state index in [2.05, 4.69) is 41.4 Å². The summed E-state index contributed by atoms with van der Waals surface area (Å²) in [5.41, 5.74) is 7.05. The Bertz CT molecular complexity index is 578. The zero-order chi connectivity index (χ0) is 13.8. The van der Waals surface area contributed by atoms with Crippen LogP contribution in [-0.2, 0) is 12.8 Å². The van der Waals surface area contributed by atoms with Crippen molar-refractivity contribution in [1.29, 1.82) is 0 Å². The number of nitrogens with zero attached hydrogens (tertiary/aromatic N) is 2. The van der Waals surface area contributed by atoms with Crippen LogP contribution in [0.25, 0.3) is 11.4 Å². The lowest BCUT2D eigenvalue weighted by molar-refractivity contribution is 0.990. The van der Waals surface area contributed by atoms with E-state index in [-0.39, 0.29) is 0 Å². The highest BCUT2D eigenvalue weighted by Gasteiger charge is 2.12. The third-order valence-corrected chi connectivity index (χ3v) is 3.34. The maximum Gasteiger partial charge on any atom is 0.162 e. The van der Waals surface area contributed by atoms with Gasteiger partial charge in [-0.15, -0.1) is 0 Å². The van der Waals surface area contributed by atoms with Crippen molar-refractivity contribution in [2.24, 2.45) is 5.84 Å². The zero-order valence-electron chi connectivity index (χ0n) is 11.7. The summed E-state index contributed by atoms with van der Waals surface area (Å²) in [7, 11) is 0. The van der Waals surface area contributed by atoms with E-state index in [0.29, 0.717) is 0 Å². The number of nitrogens with two attached hydrogens (primary N) is 1. The number of anilines is 1. The molecule has 2 rings (SSSR count). The van der Waals surface area contributed by atoms with Gasteiger partial charge in [0.05, 0.1) is 0 Å². The lowest BCUT2D eigenvalue weighted by atomic mass is 10.0. The van der Waals surface area contributed by atoms with Gasteiger partial charge in [-0.3, -0.25) is 0 Å². The smallest absolute Gasteiger partial charge is 0.162 e. The molecular formula is C15H20N4. The average Bonchev–Trinajstić information content (AvgIpc) is 2.46. The van der Waals surface area contributed by atoms with E-state index in [0.717, 1.165) is 41.3 Å². The molecule has 19 heavy (non-hydrogen) atoms. The number of aromatic nitrogens is 2. The minimum absolute atomic E-state index is 0.718. The molecule has 0 aliphatic carbocycles. The second-order valence-corrected chi connectivity index (χ2v) is 4.47. The van der Waals surface area contributed by atoms with Crippen LogP contribution in [0.3, 0.4) is 0 Å². The van der Waals surface area contributed by atoms with Gasteiger partial charge >= 0.3 is 0 Å². The summed E-state index contributed by atoms with van der Waals surface area (Å²) in [5.74, 6) is 7.03. The van der Waals surface area contributed by atoms with Crippen LogP contribution in [0, 0.1) is 6.92 Å². The van der Waals surface area contributed by atoms with Gasteiger partial charge in [0, 0.05) is 16.8 Å². The molecule has 4 heteroatoms. The van der Waals surface area contributed by atoms with Crippen molar-refractivity contribution >= 4 is 5.82 Å². The zero-order valence-corrected chi connectivity index (χ0v) is 11.7. The van der Waals surface area contributed by atoms with Gasteiger partial charge in [-0.05, 0) is 25.3 Å². The second-order valence-electron chi connectivity index (χ2n) is 4.47. The molecule has 1 heterocycles. The maximum absolute atomic E-state index is 5.57. The number of aryl methyl sites for hydroxylation is 2. The summed E-state index contributed by atoms with van der Waals surface area (Å²) in [6.45, 7) is 6.21. The Morgan fingerprint density at radius 3 is 2.47 bits per heavy atom. The molecule has 0 aliphatic rings. The van der Waals surface area contributed by atoms with Gasteiger partial charge in [0.25, 0.3) is 0 Å². The average molecular weight is 256 g/mol. The second kappa shape index (κ2) is 5.80. The van der Waals surface area contributed by atoms with Crippen LogP contribution in [-0.4, -0.2) is 9.97 Å². The van der Waals surface area contributed by atoms with Gasteiger partial charge < -0.3 is 5.43 Å². The molecule has 0 spiro atoms. The Hall–Kier alpha value is -1.94. The van der Waals surface area contributed by atoms with E-state index in [1.807, 2.05) is 19.1 Å². The topological polar surface area (TPSA) is 63.8 Å². The van der Waals surface area contributed by atoms with Crippen molar-refractivity contribution in [2.75, 3.05) is 5.43 Å². The first-order chi connectivity index (χ1) is 9.21. The molecule has 0 saturated heterocycles.